The van der Waals surface area contributed by atoms with Crippen molar-refractivity contribution in [2.75, 3.05) is 24.8 Å². The number of hydrogen-bond donors (Lipinski definition) is 2. The normalized spacial score (nSPS) is 21.0. The molecule has 3 aromatic rings. The van der Waals surface area contributed by atoms with E-state index < -0.39 is 38.9 Å². The van der Waals surface area contributed by atoms with E-state index in [1.54, 1.807) is 35.4 Å². The van der Waals surface area contributed by atoms with Gasteiger partial charge in [0.2, 0.25) is 0 Å². The summed E-state index contributed by atoms with van der Waals surface area (Å²) < 4.78 is 66.6. The average Bonchev–Trinajstić information content (AvgIpc) is 3.56. The van der Waals surface area contributed by atoms with Gasteiger partial charge in [-0.3, -0.25) is 9.80 Å². The number of nitrogens with zero attached hydrogens (tertiary/aromatic N) is 4. The van der Waals surface area contributed by atoms with Gasteiger partial charge in [-0.05, 0) is 57.0 Å². The van der Waals surface area contributed by atoms with Crippen molar-refractivity contribution in [1.29, 1.82) is 0 Å². The molecule has 16 heteroatoms. The van der Waals surface area contributed by atoms with Gasteiger partial charge < -0.3 is 23.1 Å². The van der Waals surface area contributed by atoms with Gasteiger partial charge in [0, 0.05) is 29.3 Å². The third-order valence-electron chi connectivity index (χ3n) is 7.76. The molecule has 5 rings (SSSR count). The standard InChI is InChI=1S/C32H37ClF3N6O5P/c1-4-42(37)29-26-14-15-41(28(26)38-19-39-29)30-20(2)16-25(46-30)18-45-48(47-24-12-10-23(33)11-13-24)40-21(3)31(43)44-17-22-8-6-5-7-9-27(22)32(34,35)36/h6-15,19-21,25,30,40H,4-5,16-18,37H2,1-3H3. The number of alkyl halides is 3. The number of carbonyl (C=O) groups excluding carboxylic acids is 1. The van der Waals surface area contributed by atoms with E-state index in [1.807, 2.05) is 23.8 Å². The minimum absolute atomic E-state index is 0.0989. The van der Waals surface area contributed by atoms with Crippen LogP contribution in [0.3, 0.4) is 0 Å². The van der Waals surface area contributed by atoms with Gasteiger partial charge in [-0.1, -0.05) is 42.8 Å². The maximum atomic E-state index is 13.6. The number of aromatic nitrogens is 3. The van der Waals surface area contributed by atoms with Crippen LogP contribution >= 0.6 is 20.1 Å². The predicted molar refractivity (Wildman–Crippen MR) is 177 cm³/mol. The van der Waals surface area contributed by atoms with Crippen molar-refractivity contribution in [3.05, 3.63) is 83.3 Å². The zero-order chi connectivity index (χ0) is 34.4. The first-order valence-corrected chi connectivity index (χ1v) is 16.9. The fourth-order valence-electron chi connectivity index (χ4n) is 5.30. The monoisotopic (exact) mass is 708 g/mol. The van der Waals surface area contributed by atoms with Gasteiger partial charge in [-0.25, -0.2) is 20.9 Å². The summed E-state index contributed by atoms with van der Waals surface area (Å²) in [6.07, 6.45) is 4.44. The molecule has 258 valence electrons. The summed E-state index contributed by atoms with van der Waals surface area (Å²) in [4.78, 5) is 21.7. The smallest absolute Gasteiger partial charge is 0.416 e. The second-order valence-electron chi connectivity index (χ2n) is 11.3. The van der Waals surface area contributed by atoms with Crippen molar-refractivity contribution in [3.63, 3.8) is 0 Å². The number of allylic oxidation sites excluding steroid dienone is 4. The quantitative estimate of drug-likeness (QED) is 0.0836. The molecular weight excluding hydrogens is 672 g/mol. The van der Waals surface area contributed by atoms with Gasteiger partial charge in [-0.2, -0.15) is 13.2 Å². The molecule has 0 radical (unpaired) electrons. The lowest BCUT2D eigenvalue weighted by atomic mass is 10.1. The van der Waals surface area contributed by atoms with E-state index in [0.717, 1.165) is 11.5 Å². The van der Waals surface area contributed by atoms with Crippen LogP contribution in [0.25, 0.3) is 11.0 Å². The SMILES string of the molecule is CCN(N)c1ncnc2c1ccn2C1OC(COP(NC(C)C(=O)OCC2=C(C(F)(F)F)C=CCC=C2)Oc2ccc(Cl)cc2)CC1C. The van der Waals surface area contributed by atoms with Crippen LogP contribution in [-0.2, 0) is 18.8 Å². The molecule has 0 bridgehead atoms. The summed E-state index contributed by atoms with van der Waals surface area (Å²) in [6, 6.07) is 7.53. The van der Waals surface area contributed by atoms with E-state index in [0.29, 0.717) is 41.6 Å². The molecule has 5 atom stereocenters. The molecule has 1 aromatic carbocycles. The molecule has 5 unspecified atom stereocenters. The molecule has 48 heavy (non-hydrogen) atoms. The summed E-state index contributed by atoms with van der Waals surface area (Å²) in [5, 5.41) is 5.86. The number of anilines is 1. The van der Waals surface area contributed by atoms with Crippen LogP contribution in [-0.4, -0.2) is 58.6 Å². The number of nitrogens with one attached hydrogen (secondary N) is 1. The molecule has 0 amide bonds. The van der Waals surface area contributed by atoms with E-state index in [-0.39, 0.29) is 30.4 Å². The third kappa shape index (κ3) is 8.73. The molecule has 11 nitrogen and oxygen atoms in total. The molecule has 0 saturated carbocycles. The maximum absolute atomic E-state index is 13.6. The summed E-state index contributed by atoms with van der Waals surface area (Å²) in [5.74, 6) is 6.50. The number of ether oxygens (including phenoxy) is 2. The minimum atomic E-state index is -4.59. The predicted octanol–water partition coefficient (Wildman–Crippen LogP) is 6.93. The van der Waals surface area contributed by atoms with Crippen LogP contribution in [0, 0.1) is 5.92 Å². The number of hydrazine groups is 1. The van der Waals surface area contributed by atoms with Crippen LogP contribution in [0.15, 0.2) is 78.3 Å². The van der Waals surface area contributed by atoms with Crippen LogP contribution < -0.4 is 20.5 Å². The number of hydrogen-bond acceptors (Lipinski definition) is 10. The van der Waals surface area contributed by atoms with Crippen molar-refractivity contribution in [1.82, 2.24) is 19.6 Å². The summed E-state index contributed by atoms with van der Waals surface area (Å²) >= 11 is 6.03. The largest absolute Gasteiger partial charge is 0.460 e. The van der Waals surface area contributed by atoms with Crippen molar-refractivity contribution in [2.24, 2.45) is 11.8 Å². The Morgan fingerprint density at radius 2 is 1.98 bits per heavy atom. The van der Waals surface area contributed by atoms with Crippen LogP contribution in [0.1, 0.15) is 39.8 Å². The van der Waals surface area contributed by atoms with Gasteiger partial charge in [0.25, 0.3) is 0 Å². The molecule has 2 aromatic heterocycles. The molecule has 2 aliphatic rings. The molecule has 1 saturated heterocycles. The lowest BCUT2D eigenvalue weighted by Gasteiger charge is -2.23. The van der Waals surface area contributed by atoms with Crippen LogP contribution in [0.5, 0.6) is 5.75 Å². The Balaban J connectivity index is 1.24. The van der Waals surface area contributed by atoms with Crippen LogP contribution in [0.4, 0.5) is 19.0 Å². The van der Waals surface area contributed by atoms with Crippen molar-refractivity contribution in [3.8, 4) is 5.75 Å². The van der Waals surface area contributed by atoms with Crippen molar-refractivity contribution in [2.45, 2.75) is 58.2 Å². The second-order valence-corrected chi connectivity index (χ2v) is 13.0. The highest BCUT2D eigenvalue weighted by Gasteiger charge is 2.37. The number of halogens is 4. The lowest BCUT2D eigenvalue weighted by Crippen LogP contribution is -2.34. The highest BCUT2D eigenvalue weighted by atomic mass is 35.5. The zero-order valence-corrected chi connectivity index (χ0v) is 28.2. The molecule has 1 aliphatic carbocycles. The van der Waals surface area contributed by atoms with E-state index in [4.69, 9.17) is 36.0 Å². The number of nitrogens with two attached hydrogens (primary N) is 1. The van der Waals surface area contributed by atoms with Crippen molar-refractivity contribution >= 4 is 42.9 Å². The molecule has 3 heterocycles. The van der Waals surface area contributed by atoms with Gasteiger partial charge in [0.15, 0.2) is 5.82 Å². The van der Waals surface area contributed by atoms with Gasteiger partial charge in [-0.15, -0.1) is 0 Å². The third-order valence-corrected chi connectivity index (χ3v) is 9.37. The molecule has 1 aliphatic heterocycles. The Hall–Kier alpha value is -3.52. The summed E-state index contributed by atoms with van der Waals surface area (Å²) in [7, 11) is -1.94. The first-order valence-electron chi connectivity index (χ1n) is 15.4. The number of benzene rings is 1. The number of fused-ring (bicyclic) bond motifs is 1. The molecule has 1 fully saturated rings. The Morgan fingerprint density at radius 3 is 2.71 bits per heavy atom. The van der Waals surface area contributed by atoms with Gasteiger partial charge in [0.1, 0.15) is 36.6 Å². The Labute approximate surface area is 282 Å². The summed E-state index contributed by atoms with van der Waals surface area (Å²) in [6.45, 7) is 5.67. The molecular formula is C32H37ClF3N6O5P. The van der Waals surface area contributed by atoms with Gasteiger partial charge in [0.05, 0.1) is 23.7 Å². The summed E-state index contributed by atoms with van der Waals surface area (Å²) in [5.41, 5.74) is -0.301. The highest BCUT2D eigenvalue weighted by Crippen LogP contribution is 2.41. The van der Waals surface area contributed by atoms with E-state index in [2.05, 4.69) is 22.0 Å². The Bertz CT molecular complexity index is 1670. The zero-order valence-electron chi connectivity index (χ0n) is 26.6. The minimum Gasteiger partial charge on any atom is -0.460 e. The van der Waals surface area contributed by atoms with Crippen molar-refractivity contribution < 1.29 is 36.5 Å². The topological polar surface area (TPSA) is 126 Å². The maximum Gasteiger partial charge on any atom is 0.416 e. The number of esters is 1. The Kier molecular flexibility index (Phi) is 11.8. The first kappa shape index (κ1) is 35.8. The molecule has 3 N–H and O–H groups in total. The first-order chi connectivity index (χ1) is 22.9. The second kappa shape index (κ2) is 15.8. The van der Waals surface area contributed by atoms with Crippen LogP contribution in [0.2, 0.25) is 5.02 Å². The Morgan fingerprint density at radius 1 is 1.23 bits per heavy atom. The number of carbonyl (C=O) groups is 1. The van der Waals surface area contributed by atoms with E-state index in [9.17, 15) is 18.0 Å². The lowest BCUT2D eigenvalue weighted by molar-refractivity contribution is -0.144. The fourth-order valence-corrected chi connectivity index (χ4v) is 6.64. The highest BCUT2D eigenvalue weighted by molar-refractivity contribution is 7.45. The van der Waals surface area contributed by atoms with E-state index >= 15 is 0 Å². The van der Waals surface area contributed by atoms with Gasteiger partial charge >= 0.3 is 20.7 Å². The molecule has 0 spiro atoms. The fraction of sp³-hybridized carbons (Fsp3) is 0.406. The number of rotatable bonds is 13. The average molecular weight is 709 g/mol. The van der Waals surface area contributed by atoms with E-state index in [1.165, 1.54) is 25.4 Å².